The molecule has 4 fully saturated rings. The molecular weight excluding hydrogens is 861 g/mol. The van der Waals surface area contributed by atoms with Crippen LogP contribution in [-0.4, -0.2) is 102 Å². The van der Waals surface area contributed by atoms with Crippen molar-refractivity contribution in [3.63, 3.8) is 0 Å². The van der Waals surface area contributed by atoms with Gasteiger partial charge in [-0.3, -0.25) is 28.9 Å². The molecule has 5 aliphatic rings. The zero-order chi connectivity index (χ0) is 48.1. The Labute approximate surface area is 391 Å². The van der Waals surface area contributed by atoms with E-state index >= 15 is 4.79 Å². The molecule has 8 rings (SSSR count). The smallest absolute Gasteiger partial charge is 0.338 e. The van der Waals surface area contributed by atoms with Gasteiger partial charge in [-0.05, 0) is 84.7 Å². The van der Waals surface area contributed by atoms with Crippen molar-refractivity contribution < 1.29 is 61.9 Å². The predicted octanol–water partition coefficient (Wildman–Crippen LogP) is 6.99. The summed E-state index contributed by atoms with van der Waals surface area (Å²) in [5.74, 6) is -3.31. The molecule has 1 unspecified atom stereocenters. The van der Waals surface area contributed by atoms with Crippen molar-refractivity contribution in [2.45, 2.75) is 124 Å². The molecule has 15 heteroatoms. The highest BCUT2D eigenvalue weighted by Gasteiger charge is 2.68. The lowest BCUT2D eigenvalue weighted by atomic mass is 9.46. The number of hydrogen-bond donors (Lipinski definition) is 0. The maximum atomic E-state index is 15.2. The van der Waals surface area contributed by atoms with Gasteiger partial charge in [0.15, 0.2) is 12.2 Å². The first kappa shape index (κ1) is 47.3. The summed E-state index contributed by atoms with van der Waals surface area (Å²) in [5.41, 5.74) is 0.253. The van der Waals surface area contributed by atoms with E-state index in [2.05, 4.69) is 0 Å². The van der Waals surface area contributed by atoms with Crippen LogP contribution in [0.1, 0.15) is 96.6 Å². The zero-order valence-electron chi connectivity index (χ0n) is 39.5. The SMILES string of the molecule is COc1ccc(OC2O[C@@H](C(=O)O[C@H]3C[C@H]4[C@@H](OC(C)=O)[C@@H]5[C@@H]6CN(C(C)=O)[C@@H]6CC[C@@]5(C)[C@@H](OC(C)=O)[C@H](OC(C)=O)C(=C3C)C4(C)C)[C@H](c3ccccc3)N2C(=O)c2ccccc2)cc1. The van der Waals surface area contributed by atoms with E-state index in [-0.39, 0.29) is 24.3 Å². The van der Waals surface area contributed by atoms with E-state index in [9.17, 15) is 24.0 Å². The number of ether oxygens (including phenoxy) is 7. The Morgan fingerprint density at radius 3 is 1.96 bits per heavy atom. The van der Waals surface area contributed by atoms with Crippen molar-refractivity contribution in [2.24, 2.45) is 28.6 Å². The van der Waals surface area contributed by atoms with Crippen molar-refractivity contribution in [2.75, 3.05) is 13.7 Å². The van der Waals surface area contributed by atoms with Crippen LogP contribution in [0.4, 0.5) is 0 Å². The average Bonchev–Trinajstić information content (AvgIpc) is 3.65. The molecule has 15 nitrogen and oxygen atoms in total. The predicted molar refractivity (Wildman–Crippen MR) is 241 cm³/mol. The van der Waals surface area contributed by atoms with Gasteiger partial charge >= 0.3 is 23.9 Å². The van der Waals surface area contributed by atoms with Crippen LogP contribution in [0.25, 0.3) is 0 Å². The molecule has 2 bridgehead atoms. The molecule has 0 aromatic heterocycles. The van der Waals surface area contributed by atoms with Gasteiger partial charge in [0.2, 0.25) is 5.91 Å². The fraction of sp³-hybridized carbons (Fsp3) is 0.500. The molecule has 0 N–H and O–H groups in total. The third-order valence-corrected chi connectivity index (χ3v) is 15.0. The van der Waals surface area contributed by atoms with Gasteiger partial charge in [0.1, 0.15) is 35.9 Å². The number of amides is 2. The number of likely N-dealkylation sites (tertiary alicyclic amines) is 1. The van der Waals surface area contributed by atoms with Gasteiger partial charge in [0.25, 0.3) is 12.3 Å². The van der Waals surface area contributed by atoms with E-state index in [1.165, 1.54) is 32.6 Å². The second kappa shape index (κ2) is 18.5. The van der Waals surface area contributed by atoms with E-state index < -0.39 is 95.4 Å². The lowest BCUT2D eigenvalue weighted by Gasteiger charge is -2.65. The Morgan fingerprint density at radius 1 is 0.746 bits per heavy atom. The lowest BCUT2D eigenvalue weighted by Crippen LogP contribution is -2.72. The molecular formula is C52H60N2O13. The van der Waals surface area contributed by atoms with Crippen LogP contribution in [0.3, 0.4) is 0 Å². The van der Waals surface area contributed by atoms with Gasteiger partial charge in [-0.1, -0.05) is 69.3 Å². The minimum Gasteiger partial charge on any atom is -0.497 e. The quantitative estimate of drug-likeness (QED) is 0.116. The number of hydrogen-bond acceptors (Lipinski definition) is 13. The number of nitrogens with zero attached hydrogens (tertiary/aromatic N) is 2. The van der Waals surface area contributed by atoms with Crippen LogP contribution in [-0.2, 0) is 47.7 Å². The molecule has 3 aliphatic carbocycles. The highest BCUT2D eigenvalue weighted by Crippen LogP contribution is 2.63. The van der Waals surface area contributed by atoms with E-state index in [1.54, 1.807) is 86.0 Å². The molecule has 0 spiro atoms. The fourth-order valence-corrected chi connectivity index (χ4v) is 12.1. The summed E-state index contributed by atoms with van der Waals surface area (Å²) in [6.45, 7) is 13.7. The zero-order valence-corrected chi connectivity index (χ0v) is 39.5. The summed E-state index contributed by atoms with van der Waals surface area (Å²) in [4.78, 5) is 85.8. The van der Waals surface area contributed by atoms with Gasteiger partial charge < -0.3 is 38.1 Å². The molecule has 0 radical (unpaired) electrons. The van der Waals surface area contributed by atoms with Crippen molar-refractivity contribution in [3.8, 4) is 11.5 Å². The minimum absolute atomic E-state index is 0.0662. The number of rotatable bonds is 10. The standard InChI is InChI=1S/C52H60N2O13/c1-28-40(66-49(60)46-43(33-16-12-10-13-17-33)54(48(59)34-18-14-11-15-19-34)50(67-46)65-36-22-20-35(61-9)21-23-36)26-38-44(62-30(3)56)42-37-27-53(29(2)55)39(37)24-25-52(42,8)47(64-32(5)58)45(63-31(4)57)41(28)51(38,6)7/h10-23,37-40,42-47,50H,24-27H2,1-9H3/t37-,38+,39-,40+,42+,43+,44-,45-,46-,47+,50?,52-/m1/s1. The Kier molecular flexibility index (Phi) is 13.0. The van der Waals surface area contributed by atoms with Crippen molar-refractivity contribution in [3.05, 3.63) is 107 Å². The lowest BCUT2D eigenvalue weighted by molar-refractivity contribution is -0.234. The Hall–Kier alpha value is -6.22. The summed E-state index contributed by atoms with van der Waals surface area (Å²) in [7, 11) is 1.54. The van der Waals surface area contributed by atoms with Gasteiger partial charge in [0, 0.05) is 69.0 Å². The Morgan fingerprint density at radius 2 is 1.36 bits per heavy atom. The van der Waals surface area contributed by atoms with E-state index in [0.717, 1.165) is 0 Å². The largest absolute Gasteiger partial charge is 0.497 e. The molecule has 2 heterocycles. The molecule has 356 valence electrons. The van der Waals surface area contributed by atoms with Gasteiger partial charge in [-0.2, -0.15) is 0 Å². The van der Waals surface area contributed by atoms with Gasteiger partial charge in [-0.15, -0.1) is 0 Å². The number of esters is 4. The van der Waals surface area contributed by atoms with Crippen LogP contribution in [0.15, 0.2) is 96.1 Å². The number of fused-ring (bicyclic) bond motifs is 5. The van der Waals surface area contributed by atoms with Crippen molar-refractivity contribution in [1.82, 2.24) is 9.80 Å². The summed E-state index contributed by atoms with van der Waals surface area (Å²) >= 11 is 0. The second-order valence-electron chi connectivity index (χ2n) is 19.3. The fourth-order valence-electron chi connectivity index (χ4n) is 12.1. The Balaban J connectivity index is 1.24. The first-order valence-corrected chi connectivity index (χ1v) is 22.9. The van der Waals surface area contributed by atoms with E-state index in [1.807, 2.05) is 38.7 Å². The highest BCUT2D eigenvalue weighted by molar-refractivity contribution is 5.95. The maximum absolute atomic E-state index is 15.2. The highest BCUT2D eigenvalue weighted by atomic mass is 16.7. The number of carbonyl (C=O) groups is 6. The topological polar surface area (TPSA) is 174 Å². The monoisotopic (exact) mass is 920 g/mol. The van der Waals surface area contributed by atoms with Crippen molar-refractivity contribution >= 4 is 35.7 Å². The third kappa shape index (κ3) is 8.66. The summed E-state index contributed by atoms with van der Waals surface area (Å²) in [6, 6.07) is 23.2. The molecule has 2 saturated heterocycles. The van der Waals surface area contributed by atoms with Gasteiger partial charge in [0.05, 0.1) is 7.11 Å². The van der Waals surface area contributed by atoms with Gasteiger partial charge in [-0.25, -0.2) is 4.79 Å². The van der Waals surface area contributed by atoms with E-state index in [4.69, 9.17) is 33.2 Å². The van der Waals surface area contributed by atoms with Crippen LogP contribution in [0, 0.1) is 28.6 Å². The van der Waals surface area contributed by atoms with Crippen LogP contribution in [0.5, 0.6) is 11.5 Å². The number of methoxy groups -OCH3 is 1. The third-order valence-electron chi connectivity index (χ3n) is 15.0. The Bertz CT molecular complexity index is 2420. The van der Waals surface area contributed by atoms with E-state index in [0.29, 0.717) is 53.2 Å². The van der Waals surface area contributed by atoms with Crippen LogP contribution < -0.4 is 9.47 Å². The molecule has 2 aliphatic heterocycles. The summed E-state index contributed by atoms with van der Waals surface area (Å²) in [6.07, 6.45) is -5.60. The number of benzene rings is 3. The molecule has 3 aromatic carbocycles. The van der Waals surface area contributed by atoms with Crippen LogP contribution in [0.2, 0.25) is 0 Å². The second-order valence-corrected chi connectivity index (χ2v) is 19.3. The van der Waals surface area contributed by atoms with Crippen molar-refractivity contribution in [1.29, 1.82) is 0 Å². The molecule has 2 saturated carbocycles. The normalized spacial score (nSPS) is 31.6. The minimum atomic E-state index is -1.42. The molecule has 12 atom stereocenters. The summed E-state index contributed by atoms with van der Waals surface area (Å²) in [5, 5.41) is 0. The average molecular weight is 921 g/mol. The number of carbonyl (C=O) groups excluding carboxylic acids is 6. The first-order chi connectivity index (χ1) is 31.8. The molecule has 67 heavy (non-hydrogen) atoms. The molecule has 2 amide bonds. The maximum Gasteiger partial charge on any atom is 0.338 e. The first-order valence-electron chi connectivity index (χ1n) is 22.9. The summed E-state index contributed by atoms with van der Waals surface area (Å²) < 4.78 is 44.1. The molecule has 3 aromatic rings. The van der Waals surface area contributed by atoms with Crippen LogP contribution >= 0.6 is 0 Å².